The third-order valence-electron chi connectivity index (χ3n) is 2.66. The maximum atomic E-state index is 14.0. The van der Waals surface area contributed by atoms with Crippen molar-refractivity contribution in [3.8, 4) is 0 Å². The van der Waals surface area contributed by atoms with Gasteiger partial charge in [0, 0.05) is 18.3 Å². The van der Waals surface area contributed by atoms with E-state index in [1.54, 1.807) is 0 Å². The first-order valence-electron chi connectivity index (χ1n) is 5.66. The molecule has 0 radical (unpaired) electrons. The highest BCUT2D eigenvalue weighted by Crippen LogP contribution is 2.23. The number of rotatable bonds is 4. The molecule has 0 unspecified atom stereocenters. The highest BCUT2D eigenvalue weighted by molar-refractivity contribution is 7.92. The van der Waals surface area contributed by atoms with Crippen LogP contribution in [0.25, 0.3) is 0 Å². The van der Waals surface area contributed by atoms with Gasteiger partial charge in [-0.1, -0.05) is 0 Å². The summed E-state index contributed by atoms with van der Waals surface area (Å²) in [6.07, 6.45) is 1.96. The Balaban J connectivity index is 2.48. The molecular formula is C12H10F3N3O2S. The van der Waals surface area contributed by atoms with Gasteiger partial charge in [-0.2, -0.15) is 0 Å². The van der Waals surface area contributed by atoms with Crippen molar-refractivity contribution in [2.24, 2.45) is 5.73 Å². The molecule has 0 atom stereocenters. The van der Waals surface area contributed by atoms with Crippen molar-refractivity contribution in [1.29, 1.82) is 0 Å². The molecule has 5 nitrogen and oxygen atoms in total. The Hall–Kier alpha value is -2.13. The van der Waals surface area contributed by atoms with E-state index in [4.69, 9.17) is 5.73 Å². The minimum Gasteiger partial charge on any atom is -0.326 e. The average Bonchev–Trinajstić information content (AvgIpc) is 2.41. The normalized spacial score (nSPS) is 11.4. The van der Waals surface area contributed by atoms with Crippen LogP contribution >= 0.6 is 0 Å². The van der Waals surface area contributed by atoms with Crippen LogP contribution < -0.4 is 10.5 Å². The summed E-state index contributed by atoms with van der Waals surface area (Å²) in [4.78, 5) is 2.64. The summed E-state index contributed by atoms with van der Waals surface area (Å²) in [5.41, 5.74) is 4.21. The van der Waals surface area contributed by atoms with E-state index in [1.807, 2.05) is 4.72 Å². The molecule has 0 aliphatic carbocycles. The Kier molecular flexibility index (Phi) is 4.14. The fourth-order valence-electron chi connectivity index (χ4n) is 1.63. The van der Waals surface area contributed by atoms with Crippen LogP contribution in [0, 0.1) is 17.5 Å². The first-order chi connectivity index (χ1) is 9.86. The van der Waals surface area contributed by atoms with E-state index < -0.39 is 50.2 Å². The lowest BCUT2D eigenvalue weighted by molar-refractivity contribution is 0.530. The van der Waals surface area contributed by atoms with Crippen LogP contribution in [0.2, 0.25) is 0 Å². The summed E-state index contributed by atoms with van der Waals surface area (Å²) < 4.78 is 66.7. The lowest BCUT2D eigenvalue weighted by atomic mass is 10.2. The zero-order valence-electron chi connectivity index (χ0n) is 10.5. The number of benzene rings is 1. The zero-order chi connectivity index (χ0) is 15.6. The second-order valence-corrected chi connectivity index (χ2v) is 5.65. The molecule has 0 amide bonds. The summed E-state index contributed by atoms with van der Waals surface area (Å²) in [6, 6.07) is 2.59. The van der Waals surface area contributed by atoms with Crippen LogP contribution in [-0.2, 0) is 16.6 Å². The molecule has 0 fully saturated rings. The maximum Gasteiger partial charge on any atom is 0.264 e. The minimum atomic E-state index is -4.43. The Morgan fingerprint density at radius 1 is 1.14 bits per heavy atom. The minimum absolute atomic E-state index is 0.400. The van der Waals surface area contributed by atoms with Crippen molar-refractivity contribution >= 4 is 15.7 Å². The second kappa shape index (κ2) is 5.70. The number of anilines is 1. The molecule has 1 aromatic heterocycles. The van der Waals surface area contributed by atoms with Crippen LogP contribution in [0.15, 0.2) is 35.5 Å². The molecule has 9 heteroatoms. The quantitative estimate of drug-likeness (QED) is 0.900. The van der Waals surface area contributed by atoms with Gasteiger partial charge in [0.2, 0.25) is 0 Å². The lowest BCUT2D eigenvalue weighted by Gasteiger charge is -2.11. The second-order valence-electron chi connectivity index (χ2n) is 4.00. The highest BCUT2D eigenvalue weighted by Gasteiger charge is 2.24. The van der Waals surface area contributed by atoms with Gasteiger partial charge in [0.05, 0.1) is 11.9 Å². The fourth-order valence-corrected chi connectivity index (χ4v) is 2.80. The third kappa shape index (κ3) is 2.98. The monoisotopic (exact) mass is 317 g/mol. The van der Waals surface area contributed by atoms with Gasteiger partial charge in [-0.25, -0.2) is 21.6 Å². The van der Waals surface area contributed by atoms with Gasteiger partial charge in [0.25, 0.3) is 10.0 Å². The van der Waals surface area contributed by atoms with Gasteiger partial charge < -0.3 is 5.73 Å². The SMILES string of the molecule is NCc1c(F)ccc(S(=O)(=O)Nc2ccncc2F)c1F. The van der Waals surface area contributed by atoms with E-state index in [2.05, 4.69) is 4.98 Å². The molecule has 2 aromatic rings. The van der Waals surface area contributed by atoms with Gasteiger partial charge in [-0.15, -0.1) is 0 Å². The van der Waals surface area contributed by atoms with Crippen LogP contribution in [-0.4, -0.2) is 13.4 Å². The standard InChI is InChI=1S/C12H10F3N3O2S/c13-8-1-2-11(12(15)7(8)5-16)21(19,20)18-10-3-4-17-6-9(10)14/h1-4,6H,5,16H2,(H,17,18). The molecule has 0 spiro atoms. The molecule has 3 N–H and O–H groups in total. The number of pyridine rings is 1. The summed E-state index contributed by atoms with van der Waals surface area (Å²) in [5.74, 6) is -3.19. The smallest absolute Gasteiger partial charge is 0.264 e. The first kappa shape index (κ1) is 15.3. The Labute approximate surface area is 118 Å². The van der Waals surface area contributed by atoms with Gasteiger partial charge in [0.15, 0.2) is 11.6 Å². The number of sulfonamides is 1. The Morgan fingerprint density at radius 2 is 1.86 bits per heavy atom. The molecule has 1 heterocycles. The van der Waals surface area contributed by atoms with Crippen LogP contribution in [0.5, 0.6) is 0 Å². The topological polar surface area (TPSA) is 85.1 Å². The summed E-state index contributed by atoms with van der Waals surface area (Å²) in [7, 11) is -4.43. The number of nitrogens with two attached hydrogens (primary N) is 1. The predicted octanol–water partition coefficient (Wildman–Crippen LogP) is 1.76. The van der Waals surface area contributed by atoms with Gasteiger partial charge in [-0.3, -0.25) is 9.71 Å². The van der Waals surface area contributed by atoms with Gasteiger partial charge in [-0.05, 0) is 18.2 Å². The van der Waals surface area contributed by atoms with Gasteiger partial charge >= 0.3 is 0 Å². The van der Waals surface area contributed by atoms with E-state index in [-0.39, 0.29) is 0 Å². The van der Waals surface area contributed by atoms with Crippen LogP contribution in [0.1, 0.15) is 5.56 Å². The molecule has 112 valence electrons. The number of aromatic nitrogens is 1. The van der Waals surface area contributed by atoms with E-state index in [1.165, 1.54) is 0 Å². The van der Waals surface area contributed by atoms with E-state index in [0.29, 0.717) is 0 Å². The maximum absolute atomic E-state index is 14.0. The van der Waals surface area contributed by atoms with Crippen LogP contribution in [0.4, 0.5) is 18.9 Å². The van der Waals surface area contributed by atoms with E-state index in [0.717, 1.165) is 30.6 Å². The van der Waals surface area contributed by atoms with Crippen molar-refractivity contribution < 1.29 is 21.6 Å². The highest BCUT2D eigenvalue weighted by atomic mass is 32.2. The van der Waals surface area contributed by atoms with E-state index in [9.17, 15) is 21.6 Å². The molecule has 0 saturated heterocycles. The number of halogens is 3. The largest absolute Gasteiger partial charge is 0.326 e. The first-order valence-corrected chi connectivity index (χ1v) is 7.14. The van der Waals surface area contributed by atoms with Crippen molar-refractivity contribution in [3.63, 3.8) is 0 Å². The Bertz CT molecular complexity index is 781. The van der Waals surface area contributed by atoms with Gasteiger partial charge in [0.1, 0.15) is 10.7 Å². The summed E-state index contributed by atoms with van der Waals surface area (Å²) >= 11 is 0. The third-order valence-corrected chi connectivity index (χ3v) is 4.04. The molecule has 0 bridgehead atoms. The molecular weight excluding hydrogens is 307 g/mol. The van der Waals surface area contributed by atoms with Crippen molar-refractivity contribution in [1.82, 2.24) is 4.98 Å². The molecule has 0 saturated carbocycles. The number of nitrogens with one attached hydrogen (secondary N) is 1. The average molecular weight is 317 g/mol. The molecule has 1 aromatic carbocycles. The van der Waals surface area contributed by atoms with Crippen molar-refractivity contribution in [2.45, 2.75) is 11.4 Å². The summed E-state index contributed by atoms with van der Waals surface area (Å²) in [6.45, 7) is -0.509. The van der Waals surface area contributed by atoms with Crippen LogP contribution in [0.3, 0.4) is 0 Å². The predicted molar refractivity (Wildman–Crippen MR) is 69.3 cm³/mol. The number of hydrogen-bond donors (Lipinski definition) is 2. The molecule has 0 aliphatic heterocycles. The number of hydrogen-bond acceptors (Lipinski definition) is 4. The zero-order valence-corrected chi connectivity index (χ0v) is 11.3. The molecule has 21 heavy (non-hydrogen) atoms. The molecule has 0 aliphatic rings. The van der Waals surface area contributed by atoms with E-state index >= 15 is 0 Å². The molecule has 2 rings (SSSR count). The fraction of sp³-hybridized carbons (Fsp3) is 0.0833. The summed E-state index contributed by atoms with van der Waals surface area (Å²) in [5, 5.41) is 0. The number of nitrogens with zero attached hydrogens (tertiary/aromatic N) is 1. The van der Waals surface area contributed by atoms with Crippen molar-refractivity contribution in [2.75, 3.05) is 4.72 Å². The van der Waals surface area contributed by atoms with Crippen molar-refractivity contribution in [3.05, 3.63) is 53.6 Å². The Morgan fingerprint density at radius 3 is 2.48 bits per heavy atom. The lowest BCUT2D eigenvalue weighted by Crippen LogP contribution is -2.17.